The highest BCUT2D eigenvalue weighted by atomic mass is 35.5. The Morgan fingerprint density at radius 1 is 1.28 bits per heavy atom. The number of halogens is 1. The van der Waals surface area contributed by atoms with E-state index in [4.69, 9.17) is 11.6 Å². The summed E-state index contributed by atoms with van der Waals surface area (Å²) in [5, 5.41) is 11.3. The van der Waals surface area contributed by atoms with Gasteiger partial charge in [0.05, 0.1) is 12.1 Å². The first-order chi connectivity index (χ1) is 13.7. The van der Waals surface area contributed by atoms with E-state index in [-0.39, 0.29) is 23.8 Å². The van der Waals surface area contributed by atoms with Gasteiger partial charge in [0.2, 0.25) is 5.91 Å². The summed E-state index contributed by atoms with van der Waals surface area (Å²) in [6.45, 7) is 6.76. The van der Waals surface area contributed by atoms with Gasteiger partial charge in [-0.25, -0.2) is 9.78 Å². The van der Waals surface area contributed by atoms with Gasteiger partial charge in [0, 0.05) is 22.1 Å². The highest BCUT2D eigenvalue weighted by Crippen LogP contribution is 2.38. The number of hydrogen-bond acceptors (Lipinski definition) is 4. The number of hydrogen-bond donors (Lipinski definition) is 3. The Kier molecular flexibility index (Phi) is 6.80. The Hall–Kier alpha value is -2.12. The number of urea groups is 1. The minimum Gasteiger partial charge on any atom is -0.353 e. The van der Waals surface area contributed by atoms with Crippen molar-refractivity contribution >= 4 is 45.7 Å². The van der Waals surface area contributed by atoms with E-state index in [1.54, 1.807) is 29.6 Å². The molecule has 6 nitrogen and oxygen atoms in total. The molecule has 1 aliphatic rings. The van der Waals surface area contributed by atoms with Gasteiger partial charge in [-0.2, -0.15) is 0 Å². The van der Waals surface area contributed by atoms with E-state index in [1.165, 1.54) is 17.8 Å². The van der Waals surface area contributed by atoms with Gasteiger partial charge in [-0.05, 0) is 48.8 Å². The second-order valence-corrected chi connectivity index (χ2v) is 9.88. The fourth-order valence-electron chi connectivity index (χ4n) is 4.17. The van der Waals surface area contributed by atoms with Crippen molar-refractivity contribution in [2.45, 2.75) is 52.5 Å². The smallest absolute Gasteiger partial charge is 0.325 e. The average Bonchev–Trinajstić information content (AvgIpc) is 2.99. The standard InChI is InChI=1S/C21H27ClN4O2S/c1-13-7-16(11-21(2,3)10-13)23-18(27)9-17-12-29-20(25-17)26-19(28)24-15-6-4-5-14(22)8-15/h4-6,8,12-13,16H,7,9-11H2,1-3H3,(H,23,27)(H2,24,25,26,28). The SMILES string of the molecule is CC1CC(NC(=O)Cc2csc(NC(=O)Nc3cccc(Cl)c3)n2)CC(C)(C)C1. The molecule has 1 saturated carbocycles. The molecule has 0 radical (unpaired) electrons. The Balaban J connectivity index is 1.49. The Labute approximate surface area is 180 Å². The lowest BCUT2D eigenvalue weighted by Crippen LogP contribution is -2.43. The van der Waals surface area contributed by atoms with E-state index >= 15 is 0 Å². The number of anilines is 2. The Bertz CT molecular complexity index is 883. The fraction of sp³-hybridized carbons (Fsp3) is 0.476. The van der Waals surface area contributed by atoms with Crippen molar-refractivity contribution in [3.63, 3.8) is 0 Å². The molecule has 3 rings (SSSR count). The van der Waals surface area contributed by atoms with Gasteiger partial charge in [0.25, 0.3) is 0 Å². The molecule has 1 aromatic carbocycles. The van der Waals surface area contributed by atoms with Crippen LogP contribution in [0.2, 0.25) is 5.02 Å². The van der Waals surface area contributed by atoms with Gasteiger partial charge in [0.15, 0.2) is 5.13 Å². The Morgan fingerprint density at radius 2 is 2.07 bits per heavy atom. The van der Waals surface area contributed by atoms with Crippen molar-refractivity contribution in [3.05, 3.63) is 40.4 Å². The molecule has 0 aliphatic heterocycles. The van der Waals surface area contributed by atoms with E-state index in [1.807, 2.05) is 0 Å². The van der Waals surface area contributed by atoms with E-state index in [9.17, 15) is 9.59 Å². The van der Waals surface area contributed by atoms with Gasteiger partial charge in [-0.1, -0.05) is 38.4 Å². The summed E-state index contributed by atoms with van der Waals surface area (Å²) in [5.41, 5.74) is 1.49. The van der Waals surface area contributed by atoms with Crippen LogP contribution in [0.15, 0.2) is 29.6 Å². The maximum absolute atomic E-state index is 12.4. The first kappa shape index (κ1) is 21.6. The molecular weight excluding hydrogens is 408 g/mol. The highest BCUT2D eigenvalue weighted by molar-refractivity contribution is 7.14. The third-order valence-corrected chi connectivity index (χ3v) is 5.99. The predicted molar refractivity (Wildman–Crippen MR) is 119 cm³/mol. The molecule has 0 saturated heterocycles. The molecule has 1 aromatic heterocycles. The molecule has 1 heterocycles. The van der Waals surface area contributed by atoms with Crippen LogP contribution in [-0.2, 0) is 11.2 Å². The van der Waals surface area contributed by atoms with Crippen LogP contribution in [0.1, 0.15) is 45.7 Å². The largest absolute Gasteiger partial charge is 0.353 e. The summed E-state index contributed by atoms with van der Waals surface area (Å²) < 4.78 is 0. The van der Waals surface area contributed by atoms with Crippen LogP contribution in [-0.4, -0.2) is 23.0 Å². The molecule has 0 bridgehead atoms. The third-order valence-electron chi connectivity index (χ3n) is 4.95. The normalized spacial score (nSPS) is 20.7. The molecule has 8 heteroatoms. The van der Waals surface area contributed by atoms with Crippen molar-refractivity contribution in [1.29, 1.82) is 0 Å². The first-order valence-electron chi connectivity index (χ1n) is 9.76. The zero-order chi connectivity index (χ0) is 21.0. The average molecular weight is 435 g/mol. The summed E-state index contributed by atoms with van der Waals surface area (Å²) in [7, 11) is 0. The van der Waals surface area contributed by atoms with E-state index in [0.29, 0.717) is 27.5 Å². The fourth-order valence-corrected chi connectivity index (χ4v) is 5.07. The van der Waals surface area contributed by atoms with E-state index in [2.05, 4.69) is 41.7 Å². The van der Waals surface area contributed by atoms with Gasteiger partial charge in [-0.15, -0.1) is 11.3 Å². The van der Waals surface area contributed by atoms with Crippen molar-refractivity contribution in [1.82, 2.24) is 10.3 Å². The maximum Gasteiger partial charge on any atom is 0.325 e. The minimum absolute atomic E-state index is 0.0277. The molecule has 2 unspecified atom stereocenters. The van der Waals surface area contributed by atoms with Crippen LogP contribution in [0.3, 0.4) is 0 Å². The lowest BCUT2D eigenvalue weighted by atomic mass is 9.70. The van der Waals surface area contributed by atoms with Gasteiger partial charge < -0.3 is 10.6 Å². The number of thiazole rings is 1. The minimum atomic E-state index is -0.406. The first-order valence-corrected chi connectivity index (χ1v) is 11.0. The van der Waals surface area contributed by atoms with Crippen molar-refractivity contribution in [3.8, 4) is 0 Å². The lowest BCUT2D eigenvalue weighted by Gasteiger charge is -2.39. The van der Waals surface area contributed by atoms with Crippen molar-refractivity contribution in [2.24, 2.45) is 11.3 Å². The van der Waals surface area contributed by atoms with E-state index < -0.39 is 6.03 Å². The number of nitrogens with zero attached hydrogens (tertiary/aromatic N) is 1. The van der Waals surface area contributed by atoms with Crippen LogP contribution in [0, 0.1) is 11.3 Å². The maximum atomic E-state index is 12.4. The number of amides is 3. The summed E-state index contributed by atoms with van der Waals surface area (Å²) >= 11 is 7.20. The quantitative estimate of drug-likeness (QED) is 0.595. The molecule has 2 atom stereocenters. The van der Waals surface area contributed by atoms with Crippen LogP contribution in [0.25, 0.3) is 0 Å². The molecule has 3 N–H and O–H groups in total. The zero-order valence-electron chi connectivity index (χ0n) is 16.9. The van der Waals surface area contributed by atoms with Crippen molar-refractivity contribution < 1.29 is 9.59 Å². The summed E-state index contributed by atoms with van der Waals surface area (Å²) in [6.07, 6.45) is 3.41. The molecule has 2 aromatic rings. The third kappa shape index (κ3) is 6.72. The number of aromatic nitrogens is 1. The lowest BCUT2D eigenvalue weighted by molar-refractivity contribution is -0.121. The van der Waals surface area contributed by atoms with Crippen LogP contribution >= 0.6 is 22.9 Å². The predicted octanol–water partition coefficient (Wildman–Crippen LogP) is 5.31. The number of rotatable bonds is 5. The zero-order valence-corrected chi connectivity index (χ0v) is 18.5. The molecule has 3 amide bonds. The second-order valence-electron chi connectivity index (χ2n) is 8.59. The number of benzene rings is 1. The van der Waals surface area contributed by atoms with Crippen LogP contribution in [0.5, 0.6) is 0 Å². The van der Waals surface area contributed by atoms with Gasteiger partial charge >= 0.3 is 6.03 Å². The van der Waals surface area contributed by atoms with Crippen LogP contribution < -0.4 is 16.0 Å². The summed E-state index contributed by atoms with van der Waals surface area (Å²) in [5.74, 6) is 0.581. The molecule has 29 heavy (non-hydrogen) atoms. The molecule has 156 valence electrons. The van der Waals surface area contributed by atoms with Crippen LogP contribution in [0.4, 0.5) is 15.6 Å². The second kappa shape index (κ2) is 9.13. The van der Waals surface area contributed by atoms with Gasteiger partial charge in [-0.3, -0.25) is 10.1 Å². The molecule has 0 spiro atoms. The van der Waals surface area contributed by atoms with Gasteiger partial charge in [0.1, 0.15) is 0 Å². The highest BCUT2D eigenvalue weighted by Gasteiger charge is 2.32. The van der Waals surface area contributed by atoms with E-state index in [0.717, 1.165) is 12.8 Å². The topological polar surface area (TPSA) is 83.1 Å². The molecule has 1 fully saturated rings. The number of carbonyl (C=O) groups excluding carboxylic acids is 2. The number of nitrogens with one attached hydrogen (secondary N) is 3. The molecular formula is C21H27ClN4O2S. The summed E-state index contributed by atoms with van der Waals surface area (Å²) in [4.78, 5) is 28.9. The monoisotopic (exact) mass is 434 g/mol. The summed E-state index contributed by atoms with van der Waals surface area (Å²) in [6, 6.07) is 6.70. The number of carbonyl (C=O) groups is 2. The Morgan fingerprint density at radius 3 is 2.79 bits per heavy atom. The molecule has 1 aliphatic carbocycles. The van der Waals surface area contributed by atoms with Crippen molar-refractivity contribution in [2.75, 3.05) is 10.6 Å².